The molecule has 2 N–H and O–H groups in total. The van der Waals surface area contributed by atoms with E-state index in [4.69, 9.17) is 0 Å². The zero-order valence-corrected chi connectivity index (χ0v) is 13.1. The van der Waals surface area contributed by atoms with E-state index >= 15 is 0 Å². The summed E-state index contributed by atoms with van der Waals surface area (Å²) < 4.78 is 1.70. The Morgan fingerprint density at radius 2 is 2.00 bits per heavy atom. The number of hydrogen-bond donors (Lipinski definition) is 1. The Morgan fingerprint density at radius 3 is 2.60 bits per heavy atom. The Morgan fingerprint density at radius 1 is 1.25 bits per heavy atom. The van der Waals surface area contributed by atoms with Crippen LogP contribution in [0.15, 0.2) is 29.4 Å². The summed E-state index contributed by atoms with van der Waals surface area (Å²) in [5.41, 5.74) is 2.78. The van der Waals surface area contributed by atoms with Gasteiger partial charge in [-0.15, -0.1) is 5.10 Å². The first-order chi connectivity index (χ1) is 9.66. The molecule has 108 valence electrons. The van der Waals surface area contributed by atoms with Crippen molar-refractivity contribution in [1.29, 1.82) is 0 Å². The van der Waals surface area contributed by atoms with Crippen LogP contribution in [0.4, 0.5) is 0 Å². The van der Waals surface area contributed by atoms with Gasteiger partial charge in [0, 0.05) is 12.6 Å². The first-order valence-electron chi connectivity index (χ1n) is 6.92. The van der Waals surface area contributed by atoms with Crippen LogP contribution >= 0.6 is 11.8 Å². The van der Waals surface area contributed by atoms with E-state index in [1.165, 1.54) is 11.1 Å². The first kappa shape index (κ1) is 15.0. The normalized spacial score (nSPS) is 11.2. The summed E-state index contributed by atoms with van der Waals surface area (Å²) in [6.45, 7) is 6.53. The molecule has 1 aromatic heterocycles. The van der Waals surface area contributed by atoms with Gasteiger partial charge in [0.2, 0.25) is 5.16 Å². The number of nitrogens with two attached hydrogens (primary N) is 1. The lowest BCUT2D eigenvalue weighted by atomic mass is 10.0. The molecule has 0 saturated carbocycles. The zero-order chi connectivity index (χ0) is 14.4. The van der Waals surface area contributed by atoms with Gasteiger partial charge in [-0.3, -0.25) is 0 Å². The Kier molecular flexibility index (Phi) is 5.55. The number of aromatic nitrogens is 4. The van der Waals surface area contributed by atoms with Crippen molar-refractivity contribution in [3.63, 3.8) is 0 Å². The summed E-state index contributed by atoms with van der Waals surface area (Å²) in [7, 11) is 1.86. The van der Waals surface area contributed by atoms with Crippen molar-refractivity contribution in [1.82, 2.24) is 20.2 Å². The number of hydrogen-bond acceptors (Lipinski definition) is 4. The van der Waals surface area contributed by atoms with E-state index in [1.807, 2.05) is 7.05 Å². The summed E-state index contributed by atoms with van der Waals surface area (Å²) in [6.07, 6.45) is 0. The van der Waals surface area contributed by atoms with E-state index in [0.717, 1.165) is 24.0 Å². The topological polar surface area (TPSA) is 60.2 Å². The van der Waals surface area contributed by atoms with Crippen LogP contribution < -0.4 is 5.32 Å². The number of thioether (sulfide) groups is 1. The molecule has 6 heteroatoms. The molecule has 0 amide bonds. The van der Waals surface area contributed by atoms with E-state index in [2.05, 4.69) is 59.0 Å². The highest BCUT2D eigenvalue weighted by Gasteiger charge is 2.03. The SMILES string of the molecule is CC(C)c1ccc(C[NH2+]CCSc2nnnn2C)cc1. The average molecular weight is 292 g/mol. The van der Waals surface area contributed by atoms with Crippen molar-refractivity contribution in [2.24, 2.45) is 7.05 Å². The van der Waals surface area contributed by atoms with Crippen LogP contribution in [0.1, 0.15) is 30.9 Å². The van der Waals surface area contributed by atoms with E-state index in [1.54, 1.807) is 16.4 Å². The highest BCUT2D eigenvalue weighted by molar-refractivity contribution is 7.99. The van der Waals surface area contributed by atoms with Gasteiger partial charge in [-0.05, 0) is 21.9 Å². The Bertz CT molecular complexity index is 521. The molecule has 0 aliphatic rings. The van der Waals surface area contributed by atoms with Gasteiger partial charge in [0.1, 0.15) is 6.54 Å². The largest absolute Gasteiger partial charge is 0.342 e. The number of nitrogens with zero attached hydrogens (tertiary/aromatic N) is 4. The molecular weight excluding hydrogens is 270 g/mol. The van der Waals surface area contributed by atoms with Gasteiger partial charge in [-0.1, -0.05) is 49.9 Å². The summed E-state index contributed by atoms with van der Waals surface area (Å²) in [5, 5.41) is 14.6. The van der Waals surface area contributed by atoms with Crippen LogP contribution in [-0.4, -0.2) is 32.5 Å². The van der Waals surface area contributed by atoms with Gasteiger partial charge >= 0.3 is 0 Å². The molecule has 0 atom stereocenters. The smallest absolute Gasteiger partial charge is 0.209 e. The van der Waals surface area contributed by atoms with Crippen LogP contribution in [0.5, 0.6) is 0 Å². The third-order valence-corrected chi connectivity index (χ3v) is 4.20. The van der Waals surface area contributed by atoms with Gasteiger partial charge in [0.25, 0.3) is 0 Å². The minimum atomic E-state index is 0.601. The summed E-state index contributed by atoms with van der Waals surface area (Å²) in [4.78, 5) is 0. The average Bonchev–Trinajstić information content (AvgIpc) is 2.84. The van der Waals surface area contributed by atoms with Crippen molar-refractivity contribution in [2.75, 3.05) is 12.3 Å². The van der Waals surface area contributed by atoms with Crippen molar-refractivity contribution >= 4 is 11.8 Å². The van der Waals surface area contributed by atoms with E-state index < -0.39 is 0 Å². The lowest BCUT2D eigenvalue weighted by Gasteiger charge is -2.06. The summed E-state index contributed by atoms with van der Waals surface area (Å²) in [5.74, 6) is 1.61. The molecule has 5 nitrogen and oxygen atoms in total. The molecule has 0 spiro atoms. The molecule has 0 bridgehead atoms. The quantitative estimate of drug-likeness (QED) is 0.615. The fraction of sp³-hybridized carbons (Fsp3) is 0.500. The van der Waals surface area contributed by atoms with Gasteiger partial charge in [0.15, 0.2) is 0 Å². The molecule has 0 saturated heterocycles. The Labute approximate surface area is 124 Å². The molecule has 2 aromatic rings. The molecule has 0 aliphatic carbocycles. The van der Waals surface area contributed by atoms with Gasteiger partial charge in [-0.2, -0.15) is 0 Å². The molecule has 0 aliphatic heterocycles. The lowest BCUT2D eigenvalue weighted by molar-refractivity contribution is -0.666. The summed E-state index contributed by atoms with van der Waals surface area (Å²) in [6, 6.07) is 8.92. The second-order valence-corrected chi connectivity index (χ2v) is 6.17. The van der Waals surface area contributed by atoms with Crippen molar-refractivity contribution < 1.29 is 5.32 Å². The maximum Gasteiger partial charge on any atom is 0.209 e. The lowest BCUT2D eigenvalue weighted by Crippen LogP contribution is -2.83. The van der Waals surface area contributed by atoms with Gasteiger partial charge < -0.3 is 5.32 Å². The third kappa shape index (κ3) is 4.31. The molecule has 1 aromatic carbocycles. The molecule has 0 radical (unpaired) electrons. The van der Waals surface area contributed by atoms with E-state index in [9.17, 15) is 0 Å². The van der Waals surface area contributed by atoms with Gasteiger partial charge in [-0.25, -0.2) is 4.68 Å². The molecule has 2 rings (SSSR count). The standard InChI is InChI=1S/C14H21N5S/c1-11(2)13-6-4-12(5-7-13)10-15-8-9-20-14-16-17-18-19(14)3/h4-7,11,15H,8-10H2,1-3H3/p+1. The number of rotatable bonds is 7. The van der Waals surface area contributed by atoms with Crippen molar-refractivity contribution in [3.05, 3.63) is 35.4 Å². The third-order valence-electron chi connectivity index (χ3n) is 3.16. The van der Waals surface area contributed by atoms with E-state index in [0.29, 0.717) is 5.92 Å². The second kappa shape index (κ2) is 7.40. The van der Waals surface area contributed by atoms with Gasteiger partial charge in [0.05, 0.1) is 12.3 Å². The number of benzene rings is 1. The highest BCUT2D eigenvalue weighted by Crippen LogP contribution is 2.14. The van der Waals surface area contributed by atoms with Crippen LogP contribution in [0.2, 0.25) is 0 Å². The second-order valence-electron chi connectivity index (χ2n) is 5.11. The predicted molar refractivity (Wildman–Crippen MR) is 80.5 cm³/mol. The minimum absolute atomic E-state index is 0.601. The molecular formula is C14H22N5S+. The number of quaternary nitrogens is 1. The minimum Gasteiger partial charge on any atom is -0.342 e. The maximum absolute atomic E-state index is 3.95. The van der Waals surface area contributed by atoms with Crippen LogP contribution in [0.25, 0.3) is 0 Å². The molecule has 0 unspecified atom stereocenters. The molecule has 1 heterocycles. The number of aryl methyl sites for hydroxylation is 1. The van der Waals surface area contributed by atoms with Crippen LogP contribution in [0, 0.1) is 0 Å². The van der Waals surface area contributed by atoms with E-state index in [-0.39, 0.29) is 0 Å². The molecule has 20 heavy (non-hydrogen) atoms. The first-order valence-corrected chi connectivity index (χ1v) is 7.91. The fourth-order valence-electron chi connectivity index (χ4n) is 1.88. The highest BCUT2D eigenvalue weighted by atomic mass is 32.2. The zero-order valence-electron chi connectivity index (χ0n) is 12.3. The predicted octanol–water partition coefficient (Wildman–Crippen LogP) is 1.19. The van der Waals surface area contributed by atoms with Crippen molar-refractivity contribution in [2.45, 2.75) is 31.5 Å². The summed E-state index contributed by atoms with van der Waals surface area (Å²) >= 11 is 1.69. The van der Waals surface area contributed by atoms with Crippen LogP contribution in [-0.2, 0) is 13.6 Å². The van der Waals surface area contributed by atoms with Crippen molar-refractivity contribution in [3.8, 4) is 0 Å². The number of tetrazole rings is 1. The Balaban J connectivity index is 1.67. The maximum atomic E-state index is 3.95. The fourth-order valence-corrected chi connectivity index (χ4v) is 2.67. The Hall–Kier alpha value is -1.40. The van der Waals surface area contributed by atoms with Crippen LogP contribution in [0.3, 0.4) is 0 Å². The molecule has 0 fully saturated rings. The monoisotopic (exact) mass is 292 g/mol.